The summed E-state index contributed by atoms with van der Waals surface area (Å²) >= 11 is 0. The number of rotatable bonds is 8. The van der Waals surface area contributed by atoms with Crippen LogP contribution in [0.3, 0.4) is 0 Å². The molecule has 90 valence electrons. The highest BCUT2D eigenvalue weighted by Crippen LogP contribution is 1.98. The van der Waals surface area contributed by atoms with E-state index in [4.69, 9.17) is 10.5 Å². The molecule has 0 saturated heterocycles. The van der Waals surface area contributed by atoms with Gasteiger partial charge in [0.25, 0.3) is 0 Å². The monoisotopic (exact) mass is 218 g/mol. The standard InChI is InChI=1S/C10H22N2O3/c1-8(6-11)5-10(14)12-4-3-9(13)7-15-2/h8-9,13H,3-7,11H2,1-2H3,(H,12,14). The predicted molar refractivity (Wildman–Crippen MR) is 58.3 cm³/mol. The summed E-state index contributed by atoms with van der Waals surface area (Å²) in [5.74, 6) is 0.187. The Kier molecular flexibility index (Phi) is 8.27. The van der Waals surface area contributed by atoms with Crippen LogP contribution in [0.25, 0.3) is 0 Å². The highest BCUT2D eigenvalue weighted by Gasteiger charge is 2.08. The first kappa shape index (κ1) is 14.3. The fraction of sp³-hybridized carbons (Fsp3) is 0.900. The summed E-state index contributed by atoms with van der Waals surface area (Å²) in [7, 11) is 1.53. The predicted octanol–water partition coefficient (Wildman–Crippen LogP) is -0.515. The van der Waals surface area contributed by atoms with Gasteiger partial charge in [0, 0.05) is 20.1 Å². The lowest BCUT2D eigenvalue weighted by Crippen LogP contribution is -2.30. The number of hydrogen-bond donors (Lipinski definition) is 3. The van der Waals surface area contributed by atoms with Crippen LogP contribution in [0.2, 0.25) is 0 Å². The molecular formula is C10H22N2O3. The number of carbonyl (C=O) groups is 1. The van der Waals surface area contributed by atoms with Gasteiger partial charge < -0.3 is 20.9 Å². The third kappa shape index (κ3) is 8.35. The van der Waals surface area contributed by atoms with Crippen molar-refractivity contribution in [1.29, 1.82) is 0 Å². The van der Waals surface area contributed by atoms with Crippen molar-refractivity contribution >= 4 is 5.91 Å². The fourth-order valence-electron chi connectivity index (χ4n) is 1.13. The van der Waals surface area contributed by atoms with E-state index in [1.807, 2.05) is 6.92 Å². The molecule has 0 spiro atoms. The largest absolute Gasteiger partial charge is 0.391 e. The van der Waals surface area contributed by atoms with Crippen LogP contribution in [0.4, 0.5) is 0 Å². The number of aliphatic hydroxyl groups is 1. The van der Waals surface area contributed by atoms with E-state index in [9.17, 15) is 9.90 Å². The van der Waals surface area contributed by atoms with Gasteiger partial charge in [-0.2, -0.15) is 0 Å². The summed E-state index contributed by atoms with van der Waals surface area (Å²) in [6.07, 6.45) is 0.440. The minimum absolute atomic E-state index is 0.0161. The zero-order valence-corrected chi connectivity index (χ0v) is 9.53. The van der Waals surface area contributed by atoms with Gasteiger partial charge in [0.2, 0.25) is 5.91 Å². The van der Waals surface area contributed by atoms with Gasteiger partial charge in [0.05, 0.1) is 12.7 Å². The number of carbonyl (C=O) groups excluding carboxylic acids is 1. The summed E-state index contributed by atoms with van der Waals surface area (Å²) in [6, 6.07) is 0. The number of aliphatic hydroxyl groups excluding tert-OH is 1. The summed E-state index contributed by atoms with van der Waals surface area (Å²) in [4.78, 5) is 11.3. The number of amides is 1. The Balaban J connectivity index is 3.46. The second-order valence-corrected chi connectivity index (χ2v) is 3.79. The molecular weight excluding hydrogens is 196 g/mol. The van der Waals surface area contributed by atoms with Gasteiger partial charge in [-0.1, -0.05) is 6.92 Å². The van der Waals surface area contributed by atoms with Crippen LogP contribution in [0, 0.1) is 5.92 Å². The average Bonchev–Trinajstić information content (AvgIpc) is 2.18. The molecule has 2 atom stereocenters. The molecule has 0 aliphatic heterocycles. The fourth-order valence-corrected chi connectivity index (χ4v) is 1.13. The summed E-state index contributed by atoms with van der Waals surface area (Å²) in [5, 5.41) is 12.0. The Labute approximate surface area is 91.0 Å². The Morgan fingerprint density at radius 2 is 2.27 bits per heavy atom. The maximum Gasteiger partial charge on any atom is 0.220 e. The first-order chi connectivity index (χ1) is 7.10. The average molecular weight is 218 g/mol. The Morgan fingerprint density at radius 1 is 1.60 bits per heavy atom. The van der Waals surface area contributed by atoms with Gasteiger partial charge in [-0.25, -0.2) is 0 Å². The van der Waals surface area contributed by atoms with Crippen LogP contribution in [0.15, 0.2) is 0 Å². The van der Waals surface area contributed by atoms with Crippen LogP contribution in [-0.4, -0.2) is 43.9 Å². The van der Waals surface area contributed by atoms with Crippen molar-refractivity contribution in [2.45, 2.75) is 25.9 Å². The van der Waals surface area contributed by atoms with Crippen molar-refractivity contribution in [2.24, 2.45) is 11.7 Å². The molecule has 15 heavy (non-hydrogen) atoms. The minimum atomic E-state index is -0.512. The second-order valence-electron chi connectivity index (χ2n) is 3.79. The van der Waals surface area contributed by atoms with E-state index >= 15 is 0 Å². The molecule has 0 aromatic carbocycles. The molecule has 0 saturated carbocycles. The minimum Gasteiger partial charge on any atom is -0.391 e. The molecule has 0 bridgehead atoms. The molecule has 0 radical (unpaired) electrons. The van der Waals surface area contributed by atoms with Crippen molar-refractivity contribution in [1.82, 2.24) is 5.32 Å². The van der Waals surface area contributed by atoms with E-state index in [-0.39, 0.29) is 11.8 Å². The van der Waals surface area contributed by atoms with Gasteiger partial charge in [-0.05, 0) is 18.9 Å². The lowest BCUT2D eigenvalue weighted by Gasteiger charge is -2.11. The third-order valence-electron chi connectivity index (χ3n) is 2.10. The molecule has 0 aromatic heterocycles. The van der Waals surface area contributed by atoms with Crippen LogP contribution in [0.1, 0.15) is 19.8 Å². The molecule has 0 fully saturated rings. The number of methoxy groups -OCH3 is 1. The maximum atomic E-state index is 11.3. The highest BCUT2D eigenvalue weighted by molar-refractivity contribution is 5.76. The molecule has 0 aliphatic rings. The number of ether oxygens (including phenoxy) is 1. The summed E-state index contributed by atoms with van der Waals surface area (Å²) in [6.45, 7) is 3.22. The van der Waals surface area contributed by atoms with Gasteiger partial charge >= 0.3 is 0 Å². The van der Waals surface area contributed by atoms with Crippen LogP contribution in [-0.2, 0) is 9.53 Å². The van der Waals surface area contributed by atoms with Gasteiger partial charge in [0.1, 0.15) is 0 Å². The molecule has 0 rings (SSSR count). The topological polar surface area (TPSA) is 84.6 Å². The van der Waals surface area contributed by atoms with Crippen LogP contribution < -0.4 is 11.1 Å². The van der Waals surface area contributed by atoms with E-state index in [2.05, 4.69) is 5.32 Å². The van der Waals surface area contributed by atoms with Crippen LogP contribution >= 0.6 is 0 Å². The first-order valence-corrected chi connectivity index (χ1v) is 5.23. The van der Waals surface area contributed by atoms with Crippen LogP contribution in [0.5, 0.6) is 0 Å². The Bertz CT molecular complexity index is 176. The highest BCUT2D eigenvalue weighted by atomic mass is 16.5. The van der Waals surface area contributed by atoms with E-state index in [1.165, 1.54) is 7.11 Å². The van der Waals surface area contributed by atoms with Gasteiger partial charge in [0.15, 0.2) is 0 Å². The van der Waals surface area contributed by atoms with Crippen molar-refractivity contribution in [3.8, 4) is 0 Å². The SMILES string of the molecule is COCC(O)CCNC(=O)CC(C)CN. The quantitative estimate of drug-likeness (QED) is 0.512. The van der Waals surface area contributed by atoms with E-state index in [0.29, 0.717) is 32.5 Å². The Hall–Kier alpha value is -0.650. The zero-order chi connectivity index (χ0) is 11.7. The molecule has 0 heterocycles. The normalized spacial score (nSPS) is 14.7. The van der Waals surface area contributed by atoms with Gasteiger partial charge in [-0.15, -0.1) is 0 Å². The first-order valence-electron chi connectivity index (χ1n) is 5.23. The third-order valence-corrected chi connectivity index (χ3v) is 2.10. The Morgan fingerprint density at radius 3 is 2.80 bits per heavy atom. The van der Waals surface area contributed by atoms with E-state index in [0.717, 1.165) is 0 Å². The summed E-state index contributed by atoms with van der Waals surface area (Å²) < 4.78 is 4.76. The molecule has 1 amide bonds. The lowest BCUT2D eigenvalue weighted by molar-refractivity contribution is -0.121. The van der Waals surface area contributed by atoms with E-state index < -0.39 is 6.10 Å². The smallest absolute Gasteiger partial charge is 0.220 e. The van der Waals surface area contributed by atoms with Crippen molar-refractivity contribution in [2.75, 3.05) is 26.8 Å². The molecule has 0 aromatic rings. The second kappa shape index (κ2) is 8.64. The van der Waals surface area contributed by atoms with E-state index in [1.54, 1.807) is 0 Å². The molecule has 5 nitrogen and oxygen atoms in total. The molecule has 2 unspecified atom stereocenters. The van der Waals surface area contributed by atoms with Crippen molar-refractivity contribution < 1.29 is 14.6 Å². The number of nitrogens with two attached hydrogens (primary N) is 1. The lowest BCUT2D eigenvalue weighted by atomic mass is 10.1. The summed E-state index contributed by atoms with van der Waals surface area (Å²) in [5.41, 5.74) is 5.40. The zero-order valence-electron chi connectivity index (χ0n) is 9.53. The van der Waals surface area contributed by atoms with Crippen molar-refractivity contribution in [3.05, 3.63) is 0 Å². The number of nitrogens with one attached hydrogen (secondary N) is 1. The van der Waals surface area contributed by atoms with Crippen molar-refractivity contribution in [3.63, 3.8) is 0 Å². The van der Waals surface area contributed by atoms with Gasteiger partial charge in [-0.3, -0.25) is 4.79 Å². The molecule has 5 heteroatoms. The number of hydrogen-bond acceptors (Lipinski definition) is 4. The molecule has 4 N–H and O–H groups in total. The maximum absolute atomic E-state index is 11.3. The molecule has 0 aliphatic carbocycles.